The van der Waals surface area contributed by atoms with Gasteiger partial charge < -0.3 is 14.4 Å². The van der Waals surface area contributed by atoms with E-state index in [0.29, 0.717) is 62.6 Å². The van der Waals surface area contributed by atoms with Gasteiger partial charge in [-0.05, 0) is 42.2 Å². The van der Waals surface area contributed by atoms with Crippen LogP contribution in [0, 0.1) is 5.92 Å². The summed E-state index contributed by atoms with van der Waals surface area (Å²) in [5.41, 5.74) is 2.94. The summed E-state index contributed by atoms with van der Waals surface area (Å²) in [6.45, 7) is 2.24. The summed E-state index contributed by atoms with van der Waals surface area (Å²) in [6.07, 6.45) is 1.79. The molecule has 0 radical (unpaired) electrons. The van der Waals surface area contributed by atoms with Crippen LogP contribution in [-0.2, 0) is 4.79 Å². The average Bonchev–Trinajstić information content (AvgIpc) is 2.92. The van der Waals surface area contributed by atoms with Crippen molar-refractivity contribution in [2.24, 2.45) is 5.92 Å². The van der Waals surface area contributed by atoms with Crippen LogP contribution in [0.25, 0.3) is 0 Å². The fourth-order valence-electron chi connectivity index (χ4n) is 4.93. The lowest BCUT2D eigenvalue weighted by atomic mass is 9.86. The van der Waals surface area contributed by atoms with Crippen molar-refractivity contribution in [1.82, 2.24) is 4.90 Å². The maximum absolute atomic E-state index is 13.3. The lowest BCUT2D eigenvalue weighted by molar-refractivity contribution is -0.132. The molecule has 34 heavy (non-hydrogen) atoms. The normalized spacial score (nSPS) is 15.9. The molecule has 2 aliphatic heterocycles. The number of benzene rings is 3. The van der Waals surface area contributed by atoms with Gasteiger partial charge >= 0.3 is 0 Å². The first-order valence-corrected chi connectivity index (χ1v) is 12.0. The van der Waals surface area contributed by atoms with E-state index in [4.69, 9.17) is 9.47 Å². The average molecular weight is 456 g/mol. The Morgan fingerprint density at radius 2 is 1.38 bits per heavy atom. The molecule has 5 heteroatoms. The summed E-state index contributed by atoms with van der Waals surface area (Å²) in [5.74, 6) is 1.53. The number of piperidine rings is 1. The van der Waals surface area contributed by atoms with Crippen LogP contribution in [0.2, 0.25) is 0 Å². The minimum absolute atomic E-state index is 0.0203. The van der Waals surface area contributed by atoms with Crippen LogP contribution in [0.15, 0.2) is 78.9 Å². The molecular weight excluding hydrogens is 426 g/mol. The van der Waals surface area contributed by atoms with Crippen LogP contribution in [0.5, 0.6) is 11.5 Å². The minimum Gasteiger partial charge on any atom is -0.486 e. The highest BCUT2D eigenvalue weighted by Gasteiger charge is 2.30. The highest BCUT2D eigenvalue weighted by Crippen LogP contribution is 2.33. The van der Waals surface area contributed by atoms with E-state index in [0.717, 1.165) is 11.1 Å². The maximum Gasteiger partial charge on any atom is 0.223 e. The van der Waals surface area contributed by atoms with Crippen molar-refractivity contribution < 1.29 is 19.1 Å². The van der Waals surface area contributed by atoms with Gasteiger partial charge in [0.1, 0.15) is 13.2 Å². The molecule has 1 saturated heterocycles. The molecule has 0 atom stereocenters. The molecule has 0 bridgehead atoms. The number of likely N-dealkylation sites (tertiary alicyclic amines) is 1. The maximum atomic E-state index is 13.3. The molecule has 0 unspecified atom stereocenters. The molecule has 0 aliphatic carbocycles. The molecule has 0 aromatic heterocycles. The Morgan fingerprint density at radius 1 is 0.794 bits per heavy atom. The number of rotatable bonds is 6. The molecule has 0 spiro atoms. The van der Waals surface area contributed by atoms with Crippen molar-refractivity contribution in [3.05, 3.63) is 95.6 Å². The van der Waals surface area contributed by atoms with E-state index < -0.39 is 0 Å². The number of ketones is 1. The van der Waals surface area contributed by atoms with Crippen molar-refractivity contribution in [2.45, 2.75) is 25.2 Å². The standard InChI is InChI=1S/C29H29NO4/c31-28(20-25(21-7-3-1-4-8-21)22-9-5-2-6-10-22)30-15-13-23(14-16-30)29(32)24-11-12-26-27(19-24)34-18-17-33-26/h1-12,19,23,25H,13-18,20H2. The van der Waals surface area contributed by atoms with Crippen LogP contribution >= 0.6 is 0 Å². The molecule has 5 rings (SSSR count). The summed E-state index contributed by atoms with van der Waals surface area (Å²) in [5, 5.41) is 0. The monoisotopic (exact) mass is 455 g/mol. The van der Waals surface area contributed by atoms with Gasteiger partial charge in [0.05, 0.1) is 0 Å². The summed E-state index contributed by atoms with van der Waals surface area (Å²) in [6, 6.07) is 25.8. The third kappa shape index (κ3) is 4.84. The highest BCUT2D eigenvalue weighted by molar-refractivity contribution is 5.98. The molecule has 174 valence electrons. The summed E-state index contributed by atoms with van der Waals surface area (Å²) >= 11 is 0. The van der Waals surface area contributed by atoms with Gasteiger partial charge in [-0.3, -0.25) is 9.59 Å². The Balaban J connectivity index is 1.22. The van der Waals surface area contributed by atoms with Crippen LogP contribution in [0.3, 0.4) is 0 Å². The molecule has 3 aromatic rings. The topological polar surface area (TPSA) is 55.8 Å². The Bertz CT molecular complexity index is 1100. The van der Waals surface area contributed by atoms with E-state index in [-0.39, 0.29) is 23.5 Å². The number of hydrogen-bond acceptors (Lipinski definition) is 4. The number of hydrogen-bond donors (Lipinski definition) is 0. The van der Waals surface area contributed by atoms with Crippen LogP contribution in [0.4, 0.5) is 0 Å². The Kier molecular flexibility index (Phi) is 6.61. The number of amides is 1. The smallest absolute Gasteiger partial charge is 0.223 e. The van der Waals surface area contributed by atoms with E-state index in [2.05, 4.69) is 24.3 Å². The van der Waals surface area contributed by atoms with Gasteiger partial charge in [-0.15, -0.1) is 0 Å². The fourth-order valence-corrected chi connectivity index (χ4v) is 4.93. The number of Topliss-reactive ketones (excluding diaryl/α,β-unsaturated/α-hetero) is 1. The van der Waals surface area contributed by atoms with Crippen molar-refractivity contribution in [3.63, 3.8) is 0 Å². The molecule has 0 N–H and O–H groups in total. The number of carbonyl (C=O) groups excluding carboxylic acids is 2. The van der Waals surface area contributed by atoms with E-state index in [9.17, 15) is 9.59 Å². The van der Waals surface area contributed by atoms with Crippen LogP contribution < -0.4 is 9.47 Å². The summed E-state index contributed by atoms with van der Waals surface area (Å²) in [4.78, 5) is 28.3. The third-order valence-electron chi connectivity index (χ3n) is 6.83. The zero-order valence-corrected chi connectivity index (χ0v) is 19.2. The van der Waals surface area contributed by atoms with E-state index in [1.54, 1.807) is 6.07 Å². The Hall–Kier alpha value is -3.60. The Labute approximate surface area is 200 Å². The molecular formula is C29H29NO4. The molecule has 1 fully saturated rings. The van der Waals surface area contributed by atoms with E-state index in [1.165, 1.54) is 0 Å². The molecule has 1 amide bonds. The van der Waals surface area contributed by atoms with Gasteiger partial charge in [0, 0.05) is 36.9 Å². The summed E-state index contributed by atoms with van der Waals surface area (Å²) in [7, 11) is 0. The van der Waals surface area contributed by atoms with E-state index >= 15 is 0 Å². The second-order valence-electron chi connectivity index (χ2n) is 8.96. The van der Waals surface area contributed by atoms with Crippen LogP contribution in [0.1, 0.15) is 46.7 Å². The highest BCUT2D eigenvalue weighted by atomic mass is 16.6. The van der Waals surface area contributed by atoms with Crippen molar-refractivity contribution >= 4 is 11.7 Å². The quantitative estimate of drug-likeness (QED) is 0.485. The van der Waals surface area contributed by atoms with Crippen LogP contribution in [-0.4, -0.2) is 42.9 Å². The third-order valence-corrected chi connectivity index (χ3v) is 6.83. The van der Waals surface area contributed by atoms with Crippen molar-refractivity contribution in [1.29, 1.82) is 0 Å². The van der Waals surface area contributed by atoms with E-state index in [1.807, 2.05) is 53.4 Å². The zero-order valence-electron chi connectivity index (χ0n) is 19.2. The molecule has 2 aliphatic rings. The molecule has 2 heterocycles. The molecule has 0 saturated carbocycles. The SMILES string of the molecule is O=C(c1ccc2c(c1)OCCO2)C1CCN(C(=O)CC(c2ccccc2)c2ccccc2)CC1. The predicted molar refractivity (Wildman–Crippen MR) is 130 cm³/mol. The van der Waals surface area contributed by atoms with Crippen molar-refractivity contribution in [3.8, 4) is 11.5 Å². The van der Waals surface area contributed by atoms with Gasteiger partial charge in [-0.25, -0.2) is 0 Å². The first-order chi connectivity index (χ1) is 16.7. The number of fused-ring (bicyclic) bond motifs is 1. The Morgan fingerprint density at radius 3 is 2.00 bits per heavy atom. The first kappa shape index (κ1) is 22.2. The first-order valence-electron chi connectivity index (χ1n) is 12.0. The number of ether oxygens (including phenoxy) is 2. The zero-order chi connectivity index (χ0) is 23.3. The second kappa shape index (κ2) is 10.1. The number of carbonyl (C=O) groups is 2. The fraction of sp³-hybridized carbons (Fsp3) is 0.310. The summed E-state index contributed by atoms with van der Waals surface area (Å²) < 4.78 is 11.2. The minimum atomic E-state index is -0.0781. The van der Waals surface area contributed by atoms with Gasteiger partial charge in [-0.1, -0.05) is 60.7 Å². The van der Waals surface area contributed by atoms with Gasteiger partial charge in [0.2, 0.25) is 5.91 Å². The number of nitrogens with zero attached hydrogens (tertiary/aromatic N) is 1. The van der Waals surface area contributed by atoms with Gasteiger partial charge in [0.25, 0.3) is 0 Å². The lowest BCUT2D eigenvalue weighted by Gasteiger charge is -2.32. The second-order valence-corrected chi connectivity index (χ2v) is 8.96. The van der Waals surface area contributed by atoms with Gasteiger partial charge in [-0.2, -0.15) is 0 Å². The molecule has 5 nitrogen and oxygen atoms in total. The van der Waals surface area contributed by atoms with Crippen molar-refractivity contribution in [2.75, 3.05) is 26.3 Å². The largest absolute Gasteiger partial charge is 0.486 e. The lowest BCUT2D eigenvalue weighted by Crippen LogP contribution is -2.40. The van der Waals surface area contributed by atoms with Gasteiger partial charge in [0.15, 0.2) is 17.3 Å². The molecule has 3 aromatic carbocycles. The predicted octanol–water partition coefficient (Wildman–Crippen LogP) is 5.10.